The number of hydrogen-bond acceptors (Lipinski definition) is 7. The summed E-state index contributed by atoms with van der Waals surface area (Å²) in [6.07, 6.45) is 2.61. The van der Waals surface area contributed by atoms with E-state index in [9.17, 15) is 21.6 Å². The summed E-state index contributed by atoms with van der Waals surface area (Å²) in [6, 6.07) is 2.84. The molecule has 0 saturated carbocycles. The molecule has 1 aromatic heterocycles. The quantitative estimate of drug-likeness (QED) is 0.686. The first kappa shape index (κ1) is 17.8. The summed E-state index contributed by atoms with van der Waals surface area (Å²) in [5.41, 5.74) is 0. The van der Waals surface area contributed by atoms with Crippen LogP contribution in [-0.4, -0.2) is 62.3 Å². The van der Waals surface area contributed by atoms with Gasteiger partial charge in [-0.25, -0.2) is 16.8 Å². The first-order valence-corrected chi connectivity index (χ1v) is 9.74. The molecule has 0 amide bonds. The molecule has 1 aliphatic heterocycles. The largest absolute Gasteiger partial charge is 0.468 e. The number of sulfone groups is 1. The molecule has 1 saturated heterocycles. The standard InChI is InChI=1S/C13H18N2O6S2/c1-13(2)9-15(8-11(12(16)21-3)22(13,17)18)23(19,20)10-5-4-6-14-7-10/h4-7,11H,8-9H2,1-3H3. The van der Waals surface area contributed by atoms with Gasteiger partial charge in [0, 0.05) is 25.5 Å². The molecular formula is C13H18N2O6S2. The van der Waals surface area contributed by atoms with Crippen LogP contribution in [0.5, 0.6) is 0 Å². The Morgan fingerprint density at radius 3 is 2.61 bits per heavy atom. The van der Waals surface area contributed by atoms with Crippen molar-refractivity contribution in [2.45, 2.75) is 28.7 Å². The van der Waals surface area contributed by atoms with Crippen LogP contribution >= 0.6 is 0 Å². The highest BCUT2D eigenvalue weighted by Crippen LogP contribution is 2.32. The van der Waals surface area contributed by atoms with E-state index < -0.39 is 42.4 Å². The minimum absolute atomic E-state index is 0.0567. The number of rotatable bonds is 3. The molecule has 1 unspecified atom stereocenters. The number of esters is 1. The zero-order chi connectivity index (χ0) is 17.5. The number of carbonyl (C=O) groups excluding carboxylic acids is 1. The van der Waals surface area contributed by atoms with Gasteiger partial charge in [-0.2, -0.15) is 4.31 Å². The normalized spacial score (nSPS) is 24.0. The van der Waals surface area contributed by atoms with Crippen LogP contribution in [0.4, 0.5) is 0 Å². The van der Waals surface area contributed by atoms with Crippen molar-refractivity contribution in [3.63, 3.8) is 0 Å². The van der Waals surface area contributed by atoms with Crippen molar-refractivity contribution < 1.29 is 26.4 Å². The molecule has 10 heteroatoms. The average Bonchev–Trinajstić information content (AvgIpc) is 2.49. The molecule has 2 heterocycles. The second-order valence-corrected chi connectivity index (χ2v) is 10.5. The van der Waals surface area contributed by atoms with E-state index in [0.29, 0.717) is 0 Å². The molecule has 128 valence electrons. The minimum Gasteiger partial charge on any atom is -0.468 e. The van der Waals surface area contributed by atoms with E-state index in [1.807, 2.05) is 0 Å². The van der Waals surface area contributed by atoms with Gasteiger partial charge >= 0.3 is 5.97 Å². The number of methoxy groups -OCH3 is 1. The summed E-state index contributed by atoms with van der Waals surface area (Å²) in [7, 11) is -6.78. The Kier molecular flexibility index (Phi) is 4.53. The number of carbonyl (C=O) groups is 1. The van der Waals surface area contributed by atoms with E-state index in [1.54, 1.807) is 0 Å². The molecule has 23 heavy (non-hydrogen) atoms. The van der Waals surface area contributed by atoms with E-state index in [0.717, 1.165) is 11.4 Å². The molecule has 8 nitrogen and oxygen atoms in total. The monoisotopic (exact) mass is 362 g/mol. The highest BCUT2D eigenvalue weighted by atomic mass is 32.2. The van der Waals surface area contributed by atoms with Crippen molar-refractivity contribution in [1.29, 1.82) is 0 Å². The lowest BCUT2D eigenvalue weighted by Gasteiger charge is -2.40. The SMILES string of the molecule is COC(=O)C1CN(S(=O)(=O)c2cccnc2)CC(C)(C)S1(=O)=O. The molecule has 0 N–H and O–H groups in total. The number of hydrogen-bond donors (Lipinski definition) is 0. The van der Waals surface area contributed by atoms with Gasteiger partial charge in [0.15, 0.2) is 15.1 Å². The summed E-state index contributed by atoms with van der Waals surface area (Å²) in [6.45, 7) is 2.06. The number of aromatic nitrogens is 1. The second kappa shape index (κ2) is 5.84. The Labute approximate surface area is 135 Å². The van der Waals surface area contributed by atoms with Gasteiger partial charge in [-0.05, 0) is 26.0 Å². The average molecular weight is 362 g/mol. The highest BCUT2D eigenvalue weighted by Gasteiger charge is 2.53. The van der Waals surface area contributed by atoms with Crippen molar-refractivity contribution in [3.05, 3.63) is 24.5 Å². The van der Waals surface area contributed by atoms with E-state index in [4.69, 9.17) is 0 Å². The third kappa shape index (κ3) is 2.98. The Bertz CT molecular complexity index is 802. The van der Waals surface area contributed by atoms with Crippen LogP contribution in [0, 0.1) is 0 Å². The van der Waals surface area contributed by atoms with Gasteiger partial charge in [-0.3, -0.25) is 9.78 Å². The number of sulfonamides is 1. The first-order chi connectivity index (χ1) is 10.5. The van der Waals surface area contributed by atoms with Crippen molar-refractivity contribution in [2.75, 3.05) is 20.2 Å². The van der Waals surface area contributed by atoms with Crippen LogP contribution in [-0.2, 0) is 29.4 Å². The van der Waals surface area contributed by atoms with Gasteiger partial charge in [0.1, 0.15) is 4.90 Å². The topological polar surface area (TPSA) is 111 Å². The van der Waals surface area contributed by atoms with Gasteiger partial charge in [-0.1, -0.05) is 0 Å². The molecule has 1 atom stereocenters. The molecule has 0 bridgehead atoms. The molecule has 1 fully saturated rings. The van der Waals surface area contributed by atoms with Gasteiger partial charge in [0.05, 0.1) is 11.9 Å². The molecule has 0 aliphatic carbocycles. The molecule has 0 radical (unpaired) electrons. The lowest BCUT2D eigenvalue weighted by atomic mass is 10.2. The van der Waals surface area contributed by atoms with Gasteiger partial charge < -0.3 is 4.74 Å². The van der Waals surface area contributed by atoms with Gasteiger partial charge in [0.2, 0.25) is 10.0 Å². The Morgan fingerprint density at radius 1 is 1.43 bits per heavy atom. The predicted octanol–water partition coefficient (Wildman–Crippen LogP) is -0.179. The molecule has 1 aromatic rings. The Hall–Kier alpha value is -1.52. The van der Waals surface area contributed by atoms with E-state index in [-0.39, 0.29) is 11.4 Å². The van der Waals surface area contributed by atoms with Crippen molar-refractivity contribution in [1.82, 2.24) is 9.29 Å². The molecular weight excluding hydrogens is 344 g/mol. The Balaban J connectivity index is 2.49. The van der Waals surface area contributed by atoms with Crippen LogP contribution in [0.1, 0.15) is 13.8 Å². The smallest absolute Gasteiger partial charge is 0.325 e. The maximum atomic E-state index is 12.7. The highest BCUT2D eigenvalue weighted by molar-refractivity contribution is 7.94. The summed E-state index contributed by atoms with van der Waals surface area (Å²) in [5.74, 6) is -0.968. The fraction of sp³-hybridized carbons (Fsp3) is 0.538. The van der Waals surface area contributed by atoms with Crippen molar-refractivity contribution in [3.8, 4) is 0 Å². The van der Waals surface area contributed by atoms with Crippen molar-refractivity contribution >= 4 is 25.8 Å². The van der Waals surface area contributed by atoms with Crippen LogP contribution in [0.3, 0.4) is 0 Å². The molecule has 0 aromatic carbocycles. The first-order valence-electron chi connectivity index (χ1n) is 6.75. The lowest BCUT2D eigenvalue weighted by Crippen LogP contribution is -2.61. The zero-order valence-electron chi connectivity index (χ0n) is 13.0. The van der Waals surface area contributed by atoms with Crippen LogP contribution in [0.25, 0.3) is 0 Å². The van der Waals surface area contributed by atoms with Crippen LogP contribution < -0.4 is 0 Å². The Morgan fingerprint density at radius 2 is 2.09 bits per heavy atom. The molecule has 2 rings (SSSR count). The second-order valence-electron chi connectivity index (χ2n) is 5.80. The summed E-state index contributed by atoms with van der Waals surface area (Å²) < 4.78 is 54.5. The minimum atomic E-state index is -3.96. The lowest BCUT2D eigenvalue weighted by molar-refractivity contribution is -0.140. The predicted molar refractivity (Wildman–Crippen MR) is 81.8 cm³/mol. The van der Waals surface area contributed by atoms with Gasteiger partial charge in [-0.15, -0.1) is 0 Å². The third-order valence-electron chi connectivity index (χ3n) is 3.81. The van der Waals surface area contributed by atoms with Crippen LogP contribution in [0.2, 0.25) is 0 Å². The summed E-state index contributed by atoms with van der Waals surface area (Å²) in [5, 5.41) is -1.55. The number of pyridine rings is 1. The molecule has 1 aliphatic rings. The van der Waals surface area contributed by atoms with Gasteiger partial charge in [0.25, 0.3) is 0 Å². The van der Waals surface area contributed by atoms with E-state index >= 15 is 0 Å². The third-order valence-corrected chi connectivity index (χ3v) is 8.36. The number of nitrogens with zero attached hydrogens (tertiary/aromatic N) is 2. The molecule has 0 spiro atoms. The van der Waals surface area contributed by atoms with E-state index in [1.165, 1.54) is 38.4 Å². The van der Waals surface area contributed by atoms with E-state index in [2.05, 4.69) is 9.72 Å². The summed E-state index contributed by atoms with van der Waals surface area (Å²) in [4.78, 5) is 15.6. The number of ether oxygens (including phenoxy) is 1. The van der Waals surface area contributed by atoms with Crippen molar-refractivity contribution in [2.24, 2.45) is 0 Å². The fourth-order valence-electron chi connectivity index (χ4n) is 2.41. The fourth-order valence-corrected chi connectivity index (χ4v) is 6.00. The maximum absolute atomic E-state index is 12.7. The maximum Gasteiger partial charge on any atom is 0.325 e. The summed E-state index contributed by atoms with van der Waals surface area (Å²) >= 11 is 0. The zero-order valence-corrected chi connectivity index (χ0v) is 14.6. The van der Waals surface area contributed by atoms with Crippen LogP contribution in [0.15, 0.2) is 29.4 Å².